The van der Waals surface area contributed by atoms with Crippen molar-refractivity contribution in [3.63, 3.8) is 0 Å². The van der Waals surface area contributed by atoms with Gasteiger partial charge in [0.25, 0.3) is 0 Å². The number of hydrogen-bond acceptors (Lipinski definition) is 3. The topological polar surface area (TPSA) is 44.1 Å². The Morgan fingerprint density at radius 3 is 2.91 bits per heavy atom. The molecule has 3 rings (SSSR count). The summed E-state index contributed by atoms with van der Waals surface area (Å²) < 4.78 is 20.1. The number of halogens is 2. The Kier molecular flexibility index (Phi) is 3.81. The lowest BCUT2D eigenvalue weighted by atomic mass is 10.1. The summed E-state index contributed by atoms with van der Waals surface area (Å²) >= 11 is 5.95. The highest BCUT2D eigenvalue weighted by molar-refractivity contribution is 6.30. The van der Waals surface area contributed by atoms with Gasteiger partial charge in [-0.15, -0.1) is 0 Å². The van der Waals surface area contributed by atoms with E-state index in [0.29, 0.717) is 22.5 Å². The molecule has 0 spiro atoms. The van der Waals surface area contributed by atoms with Crippen LogP contribution < -0.4 is 0 Å². The Morgan fingerprint density at radius 1 is 1.36 bits per heavy atom. The molecule has 0 fully saturated rings. The summed E-state index contributed by atoms with van der Waals surface area (Å²) in [5, 5.41) is 5.62. The fourth-order valence-corrected chi connectivity index (χ4v) is 2.48. The number of fused-ring (bicyclic) bond motifs is 1. The highest BCUT2D eigenvalue weighted by atomic mass is 35.5. The van der Waals surface area contributed by atoms with Gasteiger partial charge in [0.2, 0.25) is 0 Å². The van der Waals surface area contributed by atoms with Crippen LogP contribution in [0.4, 0.5) is 4.39 Å². The Hall–Kier alpha value is -2.40. The molecular formula is C16H12ClFN2O2. The van der Waals surface area contributed by atoms with Gasteiger partial charge in [0, 0.05) is 16.6 Å². The van der Waals surface area contributed by atoms with Gasteiger partial charge in [-0.05, 0) is 29.8 Å². The predicted octanol–water partition coefficient (Wildman–Crippen LogP) is 3.66. The first-order chi connectivity index (χ1) is 10.6. The van der Waals surface area contributed by atoms with Gasteiger partial charge in [-0.1, -0.05) is 23.7 Å². The summed E-state index contributed by atoms with van der Waals surface area (Å²) in [6.07, 6.45) is 1.72. The van der Waals surface area contributed by atoms with Crippen LogP contribution in [0.1, 0.15) is 15.9 Å². The maximum absolute atomic E-state index is 13.9. The average molecular weight is 319 g/mol. The van der Waals surface area contributed by atoms with Crippen molar-refractivity contribution in [1.29, 1.82) is 0 Å². The second-order valence-electron chi connectivity index (χ2n) is 4.84. The van der Waals surface area contributed by atoms with Gasteiger partial charge in [0.1, 0.15) is 5.82 Å². The third kappa shape index (κ3) is 2.80. The van der Waals surface area contributed by atoms with E-state index in [9.17, 15) is 9.18 Å². The maximum atomic E-state index is 13.9. The molecule has 6 heteroatoms. The van der Waals surface area contributed by atoms with Gasteiger partial charge in [-0.25, -0.2) is 9.18 Å². The monoisotopic (exact) mass is 318 g/mol. The lowest BCUT2D eigenvalue weighted by Crippen LogP contribution is -2.04. The third-order valence-corrected chi connectivity index (χ3v) is 3.51. The van der Waals surface area contributed by atoms with E-state index in [4.69, 9.17) is 11.6 Å². The molecule has 0 amide bonds. The fourth-order valence-electron chi connectivity index (χ4n) is 2.26. The number of hydrogen-bond donors (Lipinski definition) is 0. The number of esters is 1. The van der Waals surface area contributed by atoms with Crippen LogP contribution in [0.2, 0.25) is 5.02 Å². The number of aromatic nitrogens is 2. The second-order valence-corrected chi connectivity index (χ2v) is 5.28. The van der Waals surface area contributed by atoms with Crippen LogP contribution in [0.3, 0.4) is 0 Å². The average Bonchev–Trinajstić information content (AvgIpc) is 2.86. The molecule has 0 aliphatic carbocycles. The smallest absolute Gasteiger partial charge is 0.340 e. The molecule has 0 aliphatic rings. The molecule has 0 N–H and O–H groups in total. The molecule has 0 saturated carbocycles. The van der Waals surface area contributed by atoms with E-state index in [1.54, 1.807) is 16.9 Å². The van der Waals surface area contributed by atoms with Crippen LogP contribution in [0.5, 0.6) is 0 Å². The summed E-state index contributed by atoms with van der Waals surface area (Å²) in [4.78, 5) is 11.5. The van der Waals surface area contributed by atoms with Crippen LogP contribution in [0, 0.1) is 5.82 Å². The number of carbonyl (C=O) groups is 1. The molecule has 0 atom stereocenters. The van der Waals surface area contributed by atoms with Crippen molar-refractivity contribution < 1.29 is 13.9 Å². The second kappa shape index (κ2) is 5.77. The van der Waals surface area contributed by atoms with Crippen molar-refractivity contribution in [2.75, 3.05) is 7.11 Å². The highest BCUT2D eigenvalue weighted by Crippen LogP contribution is 2.20. The zero-order valence-corrected chi connectivity index (χ0v) is 12.5. The van der Waals surface area contributed by atoms with Crippen molar-refractivity contribution in [3.8, 4) is 0 Å². The normalized spacial score (nSPS) is 10.9. The Balaban J connectivity index is 1.97. The molecule has 22 heavy (non-hydrogen) atoms. The SMILES string of the molecule is COC(=O)c1cc2nn(Cc3cccc(Cl)c3)cc2cc1F. The molecule has 0 radical (unpaired) electrons. The van der Waals surface area contributed by atoms with Gasteiger partial charge in [-0.3, -0.25) is 4.68 Å². The predicted molar refractivity (Wildman–Crippen MR) is 81.6 cm³/mol. The molecule has 4 nitrogen and oxygen atoms in total. The van der Waals surface area contributed by atoms with E-state index in [0.717, 1.165) is 5.56 Å². The summed E-state index contributed by atoms with van der Waals surface area (Å²) in [5.74, 6) is -1.34. The quantitative estimate of drug-likeness (QED) is 0.692. The third-order valence-electron chi connectivity index (χ3n) is 3.28. The van der Waals surface area contributed by atoms with E-state index in [2.05, 4.69) is 9.84 Å². The molecule has 0 unspecified atom stereocenters. The summed E-state index contributed by atoms with van der Waals surface area (Å²) in [7, 11) is 1.21. The minimum absolute atomic E-state index is 0.122. The van der Waals surface area contributed by atoms with Gasteiger partial charge in [-0.2, -0.15) is 5.10 Å². The van der Waals surface area contributed by atoms with E-state index in [1.165, 1.54) is 19.2 Å². The van der Waals surface area contributed by atoms with Gasteiger partial charge < -0.3 is 4.74 Å². The number of ether oxygens (including phenoxy) is 1. The van der Waals surface area contributed by atoms with Crippen LogP contribution in [0.15, 0.2) is 42.6 Å². The van der Waals surface area contributed by atoms with Gasteiger partial charge in [0.15, 0.2) is 0 Å². The zero-order valence-electron chi connectivity index (χ0n) is 11.7. The number of carbonyl (C=O) groups excluding carboxylic acids is 1. The van der Waals surface area contributed by atoms with E-state index >= 15 is 0 Å². The van der Waals surface area contributed by atoms with Crippen LogP contribution in [-0.4, -0.2) is 22.9 Å². The number of rotatable bonds is 3. The molecule has 0 aliphatic heterocycles. The largest absolute Gasteiger partial charge is 0.465 e. The standard InChI is InChI=1S/C16H12ClFN2O2/c1-22-16(21)13-7-15-11(6-14(13)18)9-20(19-15)8-10-3-2-4-12(17)5-10/h2-7,9H,8H2,1H3. The van der Waals surface area contributed by atoms with Crippen LogP contribution in [-0.2, 0) is 11.3 Å². The van der Waals surface area contributed by atoms with Crippen LogP contribution in [0.25, 0.3) is 10.9 Å². The molecule has 1 heterocycles. The molecule has 3 aromatic rings. The van der Waals surface area contributed by atoms with Crippen molar-refractivity contribution >= 4 is 28.5 Å². The van der Waals surface area contributed by atoms with E-state index < -0.39 is 11.8 Å². The molecule has 112 valence electrons. The van der Waals surface area contributed by atoms with Crippen LogP contribution >= 0.6 is 11.6 Å². The maximum Gasteiger partial charge on any atom is 0.340 e. The Morgan fingerprint density at radius 2 is 2.18 bits per heavy atom. The molecular weight excluding hydrogens is 307 g/mol. The lowest BCUT2D eigenvalue weighted by Gasteiger charge is -2.01. The Bertz CT molecular complexity index is 860. The van der Waals surface area contributed by atoms with Gasteiger partial charge in [0.05, 0.1) is 24.7 Å². The lowest BCUT2D eigenvalue weighted by molar-refractivity contribution is 0.0595. The summed E-state index contributed by atoms with van der Waals surface area (Å²) in [6, 6.07) is 10.1. The first kappa shape index (κ1) is 14.5. The molecule has 2 aromatic carbocycles. The highest BCUT2D eigenvalue weighted by Gasteiger charge is 2.15. The fraction of sp³-hybridized carbons (Fsp3) is 0.125. The minimum atomic E-state index is -0.719. The van der Waals surface area contributed by atoms with E-state index in [-0.39, 0.29) is 5.56 Å². The zero-order chi connectivity index (χ0) is 15.7. The number of methoxy groups -OCH3 is 1. The summed E-state index contributed by atoms with van der Waals surface area (Å²) in [6.45, 7) is 0.504. The Labute approximate surface area is 131 Å². The van der Waals surface area contributed by atoms with Crippen molar-refractivity contribution in [3.05, 3.63) is 64.6 Å². The van der Waals surface area contributed by atoms with Crippen molar-refractivity contribution in [2.45, 2.75) is 6.54 Å². The first-order valence-corrected chi connectivity index (χ1v) is 6.94. The molecule has 1 aromatic heterocycles. The first-order valence-electron chi connectivity index (χ1n) is 6.56. The van der Waals surface area contributed by atoms with Crippen molar-refractivity contribution in [1.82, 2.24) is 9.78 Å². The van der Waals surface area contributed by atoms with E-state index in [1.807, 2.05) is 18.2 Å². The molecule has 0 saturated heterocycles. The number of nitrogens with zero attached hydrogens (tertiary/aromatic N) is 2. The summed E-state index contributed by atoms with van der Waals surface area (Å²) in [5.41, 5.74) is 1.39. The number of benzene rings is 2. The van der Waals surface area contributed by atoms with Gasteiger partial charge >= 0.3 is 5.97 Å². The van der Waals surface area contributed by atoms with Crippen molar-refractivity contribution in [2.24, 2.45) is 0 Å². The molecule has 0 bridgehead atoms. The minimum Gasteiger partial charge on any atom is -0.465 e.